The Morgan fingerprint density at radius 3 is 2.53 bits per heavy atom. The van der Waals surface area contributed by atoms with E-state index >= 15 is 0 Å². The summed E-state index contributed by atoms with van der Waals surface area (Å²) in [7, 11) is 0. The lowest BCUT2D eigenvalue weighted by Crippen LogP contribution is -2.05. The highest BCUT2D eigenvalue weighted by molar-refractivity contribution is 7.14. The van der Waals surface area contributed by atoms with E-state index in [2.05, 4.69) is 0 Å². The van der Waals surface area contributed by atoms with E-state index in [4.69, 9.17) is 21.1 Å². The molecule has 3 rings (SSSR count). The Bertz CT molecular complexity index is 1420. The summed E-state index contributed by atoms with van der Waals surface area (Å²) in [6.07, 6.45) is 1.13. The van der Waals surface area contributed by atoms with E-state index < -0.39 is 11.8 Å². The predicted octanol–water partition coefficient (Wildman–Crippen LogP) is 6.20. The van der Waals surface area contributed by atoms with E-state index in [0.717, 1.165) is 16.9 Å². The number of ether oxygens (including phenoxy) is 2. The van der Waals surface area contributed by atoms with Crippen LogP contribution in [0.1, 0.15) is 43.7 Å². The van der Waals surface area contributed by atoms with Gasteiger partial charge >= 0.3 is 5.97 Å². The summed E-state index contributed by atoms with van der Waals surface area (Å²) in [5.41, 5.74) is 1.63. The Morgan fingerprint density at radius 1 is 1.17 bits per heavy atom. The molecule has 0 saturated carbocycles. The first-order valence-electron chi connectivity index (χ1n) is 10.8. The molecule has 0 amide bonds. The lowest BCUT2D eigenvalue weighted by Gasteiger charge is -2.10. The molecule has 6 nitrogen and oxygen atoms in total. The number of hydrogen-bond donors (Lipinski definition) is 0. The number of nitriles is 2. The summed E-state index contributed by atoms with van der Waals surface area (Å²) in [6, 6.07) is 14.5. The van der Waals surface area contributed by atoms with Gasteiger partial charge in [-0.3, -0.25) is 4.79 Å². The van der Waals surface area contributed by atoms with Crippen LogP contribution in [0, 0.1) is 35.4 Å². The second-order valence-corrected chi connectivity index (χ2v) is 9.10. The largest absolute Gasteiger partial charge is 0.488 e. The molecule has 1 aromatic heterocycles. The summed E-state index contributed by atoms with van der Waals surface area (Å²) >= 11 is 7.14. The fraction of sp³-hybridized carbons (Fsp3) is 0.185. The Kier molecular flexibility index (Phi) is 8.97. The van der Waals surface area contributed by atoms with Gasteiger partial charge in [-0.05, 0) is 61.4 Å². The fourth-order valence-corrected chi connectivity index (χ4v) is 4.64. The highest BCUT2D eigenvalue weighted by Gasteiger charge is 2.23. The molecule has 3 aromatic rings. The molecule has 9 heteroatoms. The number of Topliss-reactive ketones (excluding diaryl/α,β-unsaturated/α-hetero) is 1. The van der Waals surface area contributed by atoms with E-state index in [9.17, 15) is 24.5 Å². The van der Waals surface area contributed by atoms with Gasteiger partial charge in [-0.25, -0.2) is 9.18 Å². The summed E-state index contributed by atoms with van der Waals surface area (Å²) in [6.45, 7) is 3.61. The SMILES string of the molecule is CCOC(=O)c1sc(CC(=O)/C(C#N)=C/c2cc(Cl)ccc2OCc2ccc(F)cc2)c(C#N)c1C. The monoisotopic (exact) mass is 522 g/mol. The van der Waals surface area contributed by atoms with E-state index in [1.54, 1.807) is 44.2 Å². The van der Waals surface area contributed by atoms with Crippen LogP contribution in [0.25, 0.3) is 6.08 Å². The quantitative estimate of drug-likeness (QED) is 0.188. The van der Waals surface area contributed by atoms with Crippen molar-refractivity contribution in [3.05, 3.63) is 90.9 Å². The van der Waals surface area contributed by atoms with Crippen molar-refractivity contribution < 1.29 is 23.5 Å². The number of halogens is 2. The van der Waals surface area contributed by atoms with Crippen LogP contribution < -0.4 is 4.74 Å². The van der Waals surface area contributed by atoms with Crippen molar-refractivity contribution in [2.45, 2.75) is 26.9 Å². The highest BCUT2D eigenvalue weighted by atomic mass is 35.5. The van der Waals surface area contributed by atoms with Crippen LogP contribution in [0.3, 0.4) is 0 Å². The van der Waals surface area contributed by atoms with Crippen molar-refractivity contribution in [1.29, 1.82) is 10.5 Å². The third kappa shape index (κ3) is 6.37. The molecular formula is C27H20ClFN2O4S. The fourth-order valence-electron chi connectivity index (χ4n) is 3.31. The predicted molar refractivity (Wildman–Crippen MR) is 134 cm³/mol. The number of ketones is 1. The van der Waals surface area contributed by atoms with Gasteiger partial charge in [0.1, 0.15) is 35.2 Å². The van der Waals surface area contributed by atoms with Crippen LogP contribution in [0.15, 0.2) is 48.0 Å². The van der Waals surface area contributed by atoms with Crippen LogP contribution in [-0.2, 0) is 22.6 Å². The highest BCUT2D eigenvalue weighted by Crippen LogP contribution is 2.31. The van der Waals surface area contributed by atoms with Crippen molar-refractivity contribution >= 4 is 40.8 Å². The summed E-state index contributed by atoms with van der Waals surface area (Å²) < 4.78 is 24.0. The Labute approximate surface area is 216 Å². The summed E-state index contributed by atoms with van der Waals surface area (Å²) in [5.74, 6) is -1.08. The summed E-state index contributed by atoms with van der Waals surface area (Å²) in [4.78, 5) is 25.9. The molecule has 0 atom stereocenters. The zero-order chi connectivity index (χ0) is 26.2. The number of carbonyl (C=O) groups excluding carboxylic acids is 2. The van der Waals surface area contributed by atoms with Crippen molar-refractivity contribution in [3.63, 3.8) is 0 Å². The number of allylic oxidation sites excluding steroid dienone is 1. The van der Waals surface area contributed by atoms with Crippen LogP contribution in [0.4, 0.5) is 4.39 Å². The van der Waals surface area contributed by atoms with E-state index in [0.29, 0.717) is 26.8 Å². The topological polar surface area (TPSA) is 100 Å². The number of hydrogen-bond acceptors (Lipinski definition) is 7. The van der Waals surface area contributed by atoms with Gasteiger partial charge < -0.3 is 9.47 Å². The zero-order valence-corrected chi connectivity index (χ0v) is 21.0. The number of carbonyl (C=O) groups is 2. The number of benzene rings is 2. The van der Waals surface area contributed by atoms with E-state index in [1.807, 2.05) is 12.1 Å². The van der Waals surface area contributed by atoms with Crippen LogP contribution >= 0.6 is 22.9 Å². The Balaban J connectivity index is 1.87. The molecule has 182 valence electrons. The van der Waals surface area contributed by atoms with Gasteiger partial charge in [-0.15, -0.1) is 11.3 Å². The van der Waals surface area contributed by atoms with Crippen LogP contribution in [0.5, 0.6) is 5.75 Å². The Morgan fingerprint density at radius 2 is 1.89 bits per heavy atom. The molecule has 0 unspecified atom stereocenters. The van der Waals surface area contributed by atoms with Gasteiger partial charge in [0.25, 0.3) is 0 Å². The van der Waals surface area contributed by atoms with Gasteiger partial charge in [-0.1, -0.05) is 23.7 Å². The van der Waals surface area contributed by atoms with Crippen molar-refractivity contribution in [2.75, 3.05) is 6.61 Å². The minimum absolute atomic E-state index is 0.134. The van der Waals surface area contributed by atoms with Crippen LogP contribution in [-0.4, -0.2) is 18.4 Å². The molecule has 2 aromatic carbocycles. The first-order valence-corrected chi connectivity index (χ1v) is 12.0. The first-order chi connectivity index (χ1) is 17.3. The van der Waals surface area contributed by atoms with Gasteiger partial charge in [-0.2, -0.15) is 10.5 Å². The number of thiophene rings is 1. The second kappa shape index (κ2) is 12.1. The molecule has 0 saturated heterocycles. The maximum atomic E-state index is 13.2. The van der Waals surface area contributed by atoms with Gasteiger partial charge in [0, 0.05) is 21.9 Å². The minimum atomic E-state index is -0.562. The van der Waals surface area contributed by atoms with E-state index in [-0.39, 0.29) is 41.5 Å². The zero-order valence-electron chi connectivity index (χ0n) is 19.4. The average molecular weight is 523 g/mol. The molecule has 0 radical (unpaired) electrons. The lowest BCUT2D eigenvalue weighted by atomic mass is 10.0. The third-order valence-corrected chi connectivity index (χ3v) is 6.62. The number of esters is 1. The van der Waals surface area contributed by atoms with Crippen molar-refractivity contribution in [1.82, 2.24) is 0 Å². The minimum Gasteiger partial charge on any atom is -0.488 e. The molecule has 0 aliphatic rings. The molecule has 0 fully saturated rings. The maximum Gasteiger partial charge on any atom is 0.348 e. The number of rotatable bonds is 9. The molecule has 1 heterocycles. The lowest BCUT2D eigenvalue weighted by molar-refractivity contribution is -0.114. The molecule has 0 N–H and O–H groups in total. The normalized spacial score (nSPS) is 10.9. The van der Waals surface area contributed by atoms with Crippen molar-refractivity contribution in [3.8, 4) is 17.9 Å². The summed E-state index contributed by atoms with van der Waals surface area (Å²) in [5, 5.41) is 19.6. The molecule has 36 heavy (non-hydrogen) atoms. The smallest absolute Gasteiger partial charge is 0.348 e. The molecule has 0 aliphatic heterocycles. The van der Waals surface area contributed by atoms with Gasteiger partial charge in [0.15, 0.2) is 5.78 Å². The van der Waals surface area contributed by atoms with Crippen LogP contribution in [0.2, 0.25) is 5.02 Å². The molecule has 0 bridgehead atoms. The maximum absolute atomic E-state index is 13.2. The molecular weight excluding hydrogens is 503 g/mol. The first kappa shape index (κ1) is 26.6. The van der Waals surface area contributed by atoms with Gasteiger partial charge in [0.05, 0.1) is 17.7 Å². The van der Waals surface area contributed by atoms with E-state index in [1.165, 1.54) is 18.2 Å². The molecule has 0 spiro atoms. The second-order valence-electron chi connectivity index (χ2n) is 7.55. The third-order valence-electron chi connectivity index (χ3n) is 5.11. The Hall–Kier alpha value is -3.98. The number of nitrogens with zero attached hydrogens (tertiary/aromatic N) is 2. The average Bonchev–Trinajstić information content (AvgIpc) is 3.17. The standard InChI is InChI=1S/C27H20ClFN2O4S/c1-3-34-27(33)26-16(2)22(14-31)25(36-26)12-23(32)19(13-30)10-18-11-20(28)6-9-24(18)35-15-17-4-7-21(29)8-5-17/h4-11H,3,12,15H2,1-2H3/b19-10+. The van der Waals surface area contributed by atoms with Crippen molar-refractivity contribution in [2.24, 2.45) is 0 Å². The van der Waals surface area contributed by atoms with Gasteiger partial charge in [0.2, 0.25) is 0 Å². The molecule has 0 aliphatic carbocycles.